The highest BCUT2D eigenvalue weighted by atomic mass is 16.6. The second-order valence-corrected chi connectivity index (χ2v) is 8.61. The van der Waals surface area contributed by atoms with E-state index in [0.29, 0.717) is 18.7 Å². The Morgan fingerprint density at radius 3 is 2.64 bits per heavy atom. The minimum absolute atomic E-state index is 0.0989. The number of carboxylic acids is 1. The van der Waals surface area contributed by atoms with Gasteiger partial charge in [-0.1, -0.05) is 24.3 Å². The zero-order chi connectivity index (χ0) is 24.6. The smallest absolute Gasteiger partial charge is 0.408 e. The third-order valence-electron chi connectivity index (χ3n) is 4.63. The summed E-state index contributed by atoms with van der Waals surface area (Å²) < 4.78 is 11.8. The Kier molecular flexibility index (Phi) is 8.98. The molecule has 1 atom stereocenters. The quantitative estimate of drug-likeness (QED) is 0.493. The number of aromatic nitrogens is 2. The Hall–Kier alpha value is -3.40. The van der Waals surface area contributed by atoms with Crippen molar-refractivity contribution in [1.82, 2.24) is 14.9 Å². The molecule has 10 heteroatoms. The number of amides is 1. The maximum Gasteiger partial charge on any atom is 0.408 e. The third-order valence-corrected chi connectivity index (χ3v) is 4.63. The van der Waals surface area contributed by atoms with Gasteiger partial charge in [0, 0.05) is 25.5 Å². The van der Waals surface area contributed by atoms with Gasteiger partial charge in [0.15, 0.2) is 5.82 Å². The van der Waals surface area contributed by atoms with Crippen molar-refractivity contribution in [1.29, 1.82) is 0 Å². The molecule has 10 nitrogen and oxygen atoms in total. The summed E-state index contributed by atoms with van der Waals surface area (Å²) in [7, 11) is 1.56. The van der Waals surface area contributed by atoms with Gasteiger partial charge in [-0.15, -0.1) is 0 Å². The van der Waals surface area contributed by atoms with Gasteiger partial charge in [-0.25, -0.2) is 9.78 Å². The van der Waals surface area contributed by atoms with Crippen LogP contribution in [0.5, 0.6) is 0 Å². The van der Waals surface area contributed by atoms with Crippen LogP contribution in [0.25, 0.3) is 0 Å². The van der Waals surface area contributed by atoms with Gasteiger partial charge in [-0.3, -0.25) is 14.2 Å². The van der Waals surface area contributed by atoms with Crippen molar-refractivity contribution in [2.24, 2.45) is 0 Å². The molecular weight excluding hydrogens is 428 g/mol. The van der Waals surface area contributed by atoms with Crippen LogP contribution in [0.2, 0.25) is 0 Å². The van der Waals surface area contributed by atoms with Crippen molar-refractivity contribution in [2.75, 3.05) is 25.6 Å². The van der Waals surface area contributed by atoms with E-state index in [0.717, 1.165) is 15.7 Å². The number of hydrogen-bond acceptors (Lipinski definition) is 7. The van der Waals surface area contributed by atoms with Crippen molar-refractivity contribution < 1.29 is 24.2 Å². The van der Waals surface area contributed by atoms with Gasteiger partial charge in [0.2, 0.25) is 0 Å². The molecule has 1 aromatic carbocycles. The number of hydrogen-bond donors (Lipinski definition) is 3. The molecule has 0 aliphatic carbocycles. The minimum Gasteiger partial charge on any atom is -0.480 e. The highest BCUT2D eigenvalue weighted by molar-refractivity contribution is 5.68. The monoisotopic (exact) mass is 460 g/mol. The van der Waals surface area contributed by atoms with Gasteiger partial charge in [-0.2, -0.15) is 0 Å². The van der Waals surface area contributed by atoms with Crippen molar-refractivity contribution in [3.8, 4) is 0 Å². The lowest BCUT2D eigenvalue weighted by atomic mass is 10.0. The van der Waals surface area contributed by atoms with Crippen molar-refractivity contribution >= 4 is 17.9 Å². The van der Waals surface area contributed by atoms with E-state index in [2.05, 4.69) is 15.6 Å². The summed E-state index contributed by atoms with van der Waals surface area (Å²) in [5.41, 5.74) is 1.22. The number of methoxy groups -OCH3 is 1. The number of aryl methyl sites for hydroxylation is 1. The third kappa shape index (κ3) is 8.23. The lowest BCUT2D eigenvalue weighted by molar-refractivity contribution is -0.137. The molecule has 2 rings (SSSR count). The molecule has 0 saturated carbocycles. The first-order valence-electron chi connectivity index (χ1n) is 10.6. The van der Waals surface area contributed by atoms with Gasteiger partial charge in [0.05, 0.1) is 12.6 Å². The molecule has 1 aromatic heterocycles. The summed E-state index contributed by atoms with van der Waals surface area (Å²) in [5.74, 6) is -0.998. The SMILES string of the molecule is COCC(NC(=O)OC(C)(C)C)c1cccc(CCNc2ncc(C)n(CC(=O)O)c2=O)c1. The van der Waals surface area contributed by atoms with Gasteiger partial charge >= 0.3 is 12.1 Å². The molecule has 33 heavy (non-hydrogen) atoms. The summed E-state index contributed by atoms with van der Waals surface area (Å²) in [5, 5.41) is 14.8. The zero-order valence-electron chi connectivity index (χ0n) is 19.7. The highest BCUT2D eigenvalue weighted by Gasteiger charge is 2.21. The number of carbonyl (C=O) groups excluding carboxylic acids is 1. The van der Waals surface area contributed by atoms with E-state index in [4.69, 9.17) is 14.6 Å². The van der Waals surface area contributed by atoms with Gasteiger partial charge in [0.1, 0.15) is 12.1 Å². The summed E-state index contributed by atoms with van der Waals surface area (Å²) in [4.78, 5) is 39.8. The second kappa shape index (κ2) is 11.5. The number of aliphatic carboxylic acids is 1. The van der Waals surface area contributed by atoms with Crippen LogP contribution >= 0.6 is 0 Å². The predicted molar refractivity (Wildman–Crippen MR) is 123 cm³/mol. The number of nitrogens with one attached hydrogen (secondary N) is 2. The predicted octanol–water partition coefficient (Wildman–Crippen LogP) is 2.50. The van der Waals surface area contributed by atoms with E-state index >= 15 is 0 Å². The van der Waals surface area contributed by atoms with Crippen molar-refractivity contribution in [2.45, 2.75) is 52.3 Å². The average molecular weight is 461 g/mol. The fraction of sp³-hybridized carbons (Fsp3) is 0.478. The van der Waals surface area contributed by atoms with Crippen LogP contribution in [0.15, 0.2) is 35.3 Å². The molecule has 1 amide bonds. The Labute approximate surface area is 192 Å². The molecule has 0 spiro atoms. The molecule has 0 saturated heterocycles. The first-order valence-corrected chi connectivity index (χ1v) is 10.6. The number of ether oxygens (including phenoxy) is 2. The fourth-order valence-corrected chi connectivity index (χ4v) is 3.15. The molecule has 0 bridgehead atoms. The van der Waals surface area contributed by atoms with Crippen molar-refractivity contribution in [3.63, 3.8) is 0 Å². The zero-order valence-corrected chi connectivity index (χ0v) is 19.7. The molecule has 1 heterocycles. The largest absolute Gasteiger partial charge is 0.480 e. The molecule has 3 N–H and O–H groups in total. The summed E-state index contributed by atoms with van der Waals surface area (Å²) >= 11 is 0. The number of carbonyl (C=O) groups is 2. The van der Waals surface area contributed by atoms with E-state index in [1.54, 1.807) is 34.8 Å². The van der Waals surface area contributed by atoms with Crippen LogP contribution < -0.4 is 16.2 Å². The molecule has 0 fully saturated rings. The molecule has 0 radical (unpaired) electrons. The summed E-state index contributed by atoms with van der Waals surface area (Å²) in [6, 6.07) is 7.28. The van der Waals surface area contributed by atoms with Crippen molar-refractivity contribution in [3.05, 3.63) is 57.6 Å². The molecule has 0 aliphatic heterocycles. The number of benzene rings is 1. The van der Waals surface area contributed by atoms with Gasteiger partial charge in [-0.05, 0) is 45.2 Å². The lowest BCUT2D eigenvalue weighted by Crippen LogP contribution is -2.36. The highest BCUT2D eigenvalue weighted by Crippen LogP contribution is 2.17. The van der Waals surface area contributed by atoms with Gasteiger partial charge < -0.3 is 25.2 Å². The van der Waals surface area contributed by atoms with E-state index in [1.807, 2.05) is 24.3 Å². The molecular formula is C23H32N4O6. The Balaban J connectivity index is 2.06. The molecule has 180 valence electrons. The van der Waals surface area contributed by atoms with Crippen LogP contribution in [-0.2, 0) is 27.2 Å². The Morgan fingerprint density at radius 2 is 2.00 bits per heavy atom. The van der Waals surface area contributed by atoms with Crippen LogP contribution in [-0.4, -0.2) is 52.6 Å². The molecule has 1 unspecified atom stereocenters. The summed E-state index contributed by atoms with van der Waals surface area (Å²) in [6.07, 6.45) is 1.51. The van der Waals surface area contributed by atoms with E-state index < -0.39 is 29.8 Å². The maximum atomic E-state index is 12.5. The second-order valence-electron chi connectivity index (χ2n) is 8.61. The van der Waals surface area contributed by atoms with E-state index in [9.17, 15) is 14.4 Å². The number of alkyl carbamates (subject to hydrolysis) is 1. The Morgan fingerprint density at radius 1 is 1.27 bits per heavy atom. The fourth-order valence-electron chi connectivity index (χ4n) is 3.15. The average Bonchev–Trinajstić information content (AvgIpc) is 2.71. The molecule has 2 aromatic rings. The first kappa shape index (κ1) is 25.9. The number of nitrogens with zero attached hydrogens (tertiary/aromatic N) is 2. The topological polar surface area (TPSA) is 132 Å². The number of anilines is 1. The maximum absolute atomic E-state index is 12.5. The van der Waals surface area contributed by atoms with Gasteiger partial charge in [0.25, 0.3) is 5.56 Å². The normalized spacial score (nSPS) is 12.2. The van der Waals surface area contributed by atoms with E-state index in [1.165, 1.54) is 6.20 Å². The lowest BCUT2D eigenvalue weighted by Gasteiger charge is -2.24. The minimum atomic E-state index is -1.10. The van der Waals surface area contributed by atoms with Crippen LogP contribution in [0.1, 0.15) is 43.6 Å². The van der Waals surface area contributed by atoms with E-state index in [-0.39, 0.29) is 18.5 Å². The summed E-state index contributed by atoms with van der Waals surface area (Å²) in [6.45, 7) is 7.29. The van der Waals surface area contributed by atoms with Crippen LogP contribution in [0.4, 0.5) is 10.6 Å². The van der Waals surface area contributed by atoms with Crippen LogP contribution in [0, 0.1) is 6.92 Å². The van der Waals surface area contributed by atoms with Crippen LogP contribution in [0.3, 0.4) is 0 Å². The standard InChI is InChI=1S/C23H32N4O6/c1-15-12-25-20(21(30)27(15)13-19(28)29)24-10-9-16-7-6-8-17(11-16)18(14-32-5)26-22(31)33-23(2,3)4/h6-8,11-12,18H,9-10,13-14H2,1-5H3,(H,24,25)(H,26,31)(H,28,29). The first-order chi connectivity index (χ1) is 15.5. The Bertz CT molecular complexity index is 1030. The number of rotatable bonds is 10. The number of carboxylic acid groups (broad SMARTS) is 1. The molecule has 0 aliphatic rings.